The molecule has 8 heteroatoms. The molecule has 144 valence electrons. The Labute approximate surface area is 159 Å². The third-order valence-corrected chi connectivity index (χ3v) is 4.94. The van der Waals surface area contributed by atoms with E-state index in [2.05, 4.69) is 10.4 Å². The first-order valence-corrected chi connectivity index (χ1v) is 9.50. The molecule has 0 spiro atoms. The largest absolute Gasteiger partial charge is 0.464 e. The van der Waals surface area contributed by atoms with Gasteiger partial charge in [0.15, 0.2) is 0 Å². The fourth-order valence-corrected chi connectivity index (χ4v) is 3.24. The number of aromatic nitrogens is 2. The first kappa shape index (κ1) is 19.6. The summed E-state index contributed by atoms with van der Waals surface area (Å²) >= 11 is 0.540. The van der Waals surface area contributed by atoms with Crippen LogP contribution < -0.4 is 5.32 Å². The van der Waals surface area contributed by atoms with Crippen molar-refractivity contribution in [2.24, 2.45) is 0 Å². The molecular formula is C19H20F3N3OS. The second-order valence-electron chi connectivity index (χ2n) is 6.12. The highest BCUT2D eigenvalue weighted by molar-refractivity contribution is 7.98. The lowest BCUT2D eigenvalue weighted by atomic mass is 10.1. The third-order valence-electron chi connectivity index (χ3n) is 4.24. The van der Waals surface area contributed by atoms with E-state index < -0.39 is 5.76 Å². The molecular weight excluding hydrogens is 375 g/mol. The Hall–Kier alpha value is -2.19. The van der Waals surface area contributed by atoms with Gasteiger partial charge in [-0.15, -0.1) is 0 Å². The molecule has 0 aliphatic rings. The minimum absolute atomic E-state index is 0.00295. The topological polar surface area (TPSA) is 43.0 Å². The second kappa shape index (κ2) is 8.67. The van der Waals surface area contributed by atoms with Crippen molar-refractivity contribution < 1.29 is 17.6 Å². The van der Waals surface area contributed by atoms with Gasteiger partial charge in [-0.05, 0) is 50.2 Å². The highest BCUT2D eigenvalue weighted by Crippen LogP contribution is 2.23. The number of hydrogen-bond acceptors (Lipinski definition) is 4. The number of alkyl halides is 2. The Bertz CT molecular complexity index is 877. The van der Waals surface area contributed by atoms with Gasteiger partial charge in [0, 0.05) is 17.3 Å². The maximum Gasteiger partial charge on any atom is 0.284 e. The zero-order chi connectivity index (χ0) is 19.4. The van der Waals surface area contributed by atoms with Crippen LogP contribution in [0.25, 0.3) is 5.69 Å². The van der Waals surface area contributed by atoms with Crippen molar-refractivity contribution in [1.29, 1.82) is 0 Å². The van der Waals surface area contributed by atoms with Crippen LogP contribution in [0, 0.1) is 12.7 Å². The third kappa shape index (κ3) is 4.95. The van der Waals surface area contributed by atoms with Gasteiger partial charge in [0.05, 0.1) is 24.2 Å². The Balaban J connectivity index is 1.62. The van der Waals surface area contributed by atoms with E-state index in [9.17, 15) is 13.2 Å². The Kier molecular flexibility index (Phi) is 6.28. The molecule has 0 radical (unpaired) electrons. The first-order chi connectivity index (χ1) is 12.9. The van der Waals surface area contributed by atoms with Gasteiger partial charge in [0.1, 0.15) is 17.3 Å². The molecule has 1 aromatic carbocycles. The minimum atomic E-state index is -2.41. The molecule has 0 amide bonds. The summed E-state index contributed by atoms with van der Waals surface area (Å²) in [5.41, 5.74) is 2.76. The minimum Gasteiger partial charge on any atom is -0.464 e. The lowest BCUT2D eigenvalue weighted by Crippen LogP contribution is -2.18. The van der Waals surface area contributed by atoms with E-state index >= 15 is 0 Å². The molecule has 0 saturated heterocycles. The van der Waals surface area contributed by atoms with Crippen molar-refractivity contribution in [1.82, 2.24) is 15.1 Å². The van der Waals surface area contributed by atoms with Crippen LogP contribution in [0.15, 0.2) is 47.0 Å². The predicted molar refractivity (Wildman–Crippen MR) is 99.5 cm³/mol. The van der Waals surface area contributed by atoms with E-state index in [1.807, 2.05) is 13.8 Å². The summed E-state index contributed by atoms with van der Waals surface area (Å²) in [6.07, 6.45) is 1.78. The van der Waals surface area contributed by atoms with Crippen LogP contribution in [0.3, 0.4) is 0 Å². The van der Waals surface area contributed by atoms with Gasteiger partial charge in [-0.2, -0.15) is 13.9 Å². The average molecular weight is 395 g/mol. The Morgan fingerprint density at radius 1 is 1.15 bits per heavy atom. The number of thioether (sulfide) groups is 1. The predicted octanol–water partition coefficient (Wildman–Crippen LogP) is 5.22. The lowest BCUT2D eigenvalue weighted by molar-refractivity contribution is 0.251. The van der Waals surface area contributed by atoms with Gasteiger partial charge in [0.2, 0.25) is 0 Å². The van der Waals surface area contributed by atoms with Crippen LogP contribution in [0.5, 0.6) is 0 Å². The van der Waals surface area contributed by atoms with Crippen molar-refractivity contribution in [2.75, 3.05) is 0 Å². The van der Waals surface area contributed by atoms with Crippen molar-refractivity contribution in [3.8, 4) is 5.69 Å². The van der Waals surface area contributed by atoms with Crippen LogP contribution in [0.4, 0.5) is 13.2 Å². The van der Waals surface area contributed by atoms with Crippen LogP contribution in [0.2, 0.25) is 0 Å². The van der Waals surface area contributed by atoms with Gasteiger partial charge >= 0.3 is 0 Å². The summed E-state index contributed by atoms with van der Waals surface area (Å²) in [4.78, 5) is 0. The van der Waals surface area contributed by atoms with Crippen LogP contribution in [-0.4, -0.2) is 15.5 Å². The Morgan fingerprint density at radius 3 is 2.56 bits per heavy atom. The molecule has 1 unspecified atom stereocenters. The van der Waals surface area contributed by atoms with Crippen molar-refractivity contribution >= 4 is 11.8 Å². The molecule has 0 aliphatic heterocycles. The number of nitrogens with one attached hydrogen (secondary N) is 1. The Morgan fingerprint density at radius 2 is 1.85 bits per heavy atom. The number of furan rings is 1. The number of halogens is 3. The summed E-state index contributed by atoms with van der Waals surface area (Å²) in [5.74, 6) is -1.32. The standard InChI is InChI=1S/C19H20F3N3OS/c1-12(23-9-16-7-8-17(26-16)11-27-19(21)22)18-10-24-25(13(18)2)15-5-3-14(20)4-6-15/h3-8,10,12,19,23H,9,11H2,1-2H3. The normalized spacial score (nSPS) is 12.7. The maximum absolute atomic E-state index is 13.1. The quantitative estimate of drug-likeness (QED) is 0.568. The summed E-state index contributed by atoms with van der Waals surface area (Å²) in [7, 11) is 0. The van der Waals surface area contributed by atoms with Crippen molar-refractivity contribution in [3.05, 3.63) is 71.2 Å². The van der Waals surface area contributed by atoms with Crippen molar-refractivity contribution in [2.45, 2.75) is 37.9 Å². The SMILES string of the molecule is Cc1c(C(C)NCc2ccc(CSC(F)F)o2)cnn1-c1ccc(F)cc1. The zero-order valence-electron chi connectivity index (χ0n) is 15.0. The number of rotatable bonds is 8. The smallest absolute Gasteiger partial charge is 0.284 e. The molecule has 1 atom stereocenters. The van der Waals surface area contributed by atoms with Crippen LogP contribution >= 0.6 is 11.8 Å². The number of hydrogen-bond donors (Lipinski definition) is 1. The molecule has 4 nitrogen and oxygen atoms in total. The average Bonchev–Trinajstić information content (AvgIpc) is 3.25. The zero-order valence-corrected chi connectivity index (χ0v) is 15.8. The molecule has 0 fully saturated rings. The van der Waals surface area contributed by atoms with E-state index in [0.29, 0.717) is 29.8 Å². The lowest BCUT2D eigenvalue weighted by Gasteiger charge is -2.13. The highest BCUT2D eigenvalue weighted by Gasteiger charge is 2.15. The highest BCUT2D eigenvalue weighted by atomic mass is 32.2. The molecule has 0 aliphatic carbocycles. The van der Waals surface area contributed by atoms with Crippen LogP contribution in [0.1, 0.15) is 35.7 Å². The maximum atomic E-state index is 13.1. The monoisotopic (exact) mass is 395 g/mol. The van der Waals surface area contributed by atoms with Gasteiger partial charge in [-0.3, -0.25) is 0 Å². The molecule has 27 heavy (non-hydrogen) atoms. The fourth-order valence-electron chi connectivity index (χ4n) is 2.79. The summed E-state index contributed by atoms with van der Waals surface area (Å²) in [6.45, 7) is 4.44. The van der Waals surface area contributed by atoms with Crippen LogP contribution in [-0.2, 0) is 12.3 Å². The van der Waals surface area contributed by atoms with E-state index in [4.69, 9.17) is 4.42 Å². The fraction of sp³-hybridized carbons (Fsp3) is 0.316. The molecule has 3 rings (SSSR count). The van der Waals surface area contributed by atoms with Gasteiger partial charge < -0.3 is 9.73 Å². The molecule has 1 N–H and O–H groups in total. The van der Waals surface area contributed by atoms with Gasteiger partial charge in [-0.25, -0.2) is 9.07 Å². The number of nitrogens with zero attached hydrogens (tertiary/aromatic N) is 2. The summed E-state index contributed by atoms with van der Waals surface area (Å²) in [6, 6.07) is 9.67. The van der Waals surface area contributed by atoms with E-state index in [1.165, 1.54) is 12.1 Å². The second-order valence-corrected chi connectivity index (χ2v) is 7.09. The first-order valence-electron chi connectivity index (χ1n) is 8.45. The van der Waals surface area contributed by atoms with Crippen molar-refractivity contribution in [3.63, 3.8) is 0 Å². The van der Waals surface area contributed by atoms with E-state index in [-0.39, 0.29) is 17.6 Å². The molecule has 3 aromatic rings. The summed E-state index contributed by atoms with van der Waals surface area (Å²) in [5, 5.41) is 7.74. The van der Waals surface area contributed by atoms with Gasteiger partial charge in [-0.1, -0.05) is 11.8 Å². The molecule has 2 heterocycles. The molecule has 0 saturated carbocycles. The van der Waals surface area contributed by atoms with Gasteiger partial charge in [0.25, 0.3) is 5.76 Å². The van der Waals surface area contributed by atoms with E-state index in [1.54, 1.807) is 35.1 Å². The number of benzene rings is 1. The molecule has 2 aromatic heterocycles. The summed E-state index contributed by atoms with van der Waals surface area (Å²) < 4.78 is 44.9. The van der Waals surface area contributed by atoms with E-state index in [0.717, 1.165) is 16.9 Å². The molecule has 0 bridgehead atoms.